The monoisotopic (exact) mass is 144 g/mol. The Morgan fingerprint density at radius 3 is 1.89 bits per heavy atom. The zero-order valence-electron chi connectivity index (χ0n) is 6.32. The minimum atomic E-state index is 0.580. The first kappa shape index (κ1) is 7.54. The van der Waals surface area contributed by atoms with Crippen molar-refractivity contribution in [1.29, 1.82) is 0 Å². The number of hydrogen-bond donors (Lipinski definition) is 0. The lowest BCUT2D eigenvalue weighted by atomic mass is 10.0. The summed E-state index contributed by atoms with van der Waals surface area (Å²) in [6, 6.07) is 0. The van der Waals surface area contributed by atoms with Crippen molar-refractivity contribution in [3.8, 4) is 0 Å². The Balaban J connectivity index is 2.36. The lowest BCUT2D eigenvalue weighted by molar-refractivity contribution is 0.555. The average Bonchev–Trinajstić information content (AvgIpc) is 1.92. The van der Waals surface area contributed by atoms with Gasteiger partial charge in [0.15, 0.2) is 0 Å². The van der Waals surface area contributed by atoms with Crippen molar-refractivity contribution < 1.29 is 0 Å². The minimum absolute atomic E-state index is 0.580. The second-order valence-corrected chi connectivity index (χ2v) is 4.96. The fraction of sp³-hybridized carbons (Fsp3) is 1.00. The summed E-state index contributed by atoms with van der Waals surface area (Å²) < 4.78 is 0. The maximum atomic E-state index is 3.00. The van der Waals surface area contributed by atoms with Gasteiger partial charge in [-0.05, 0) is 18.0 Å². The van der Waals surface area contributed by atoms with E-state index in [-0.39, 0.29) is 0 Å². The van der Waals surface area contributed by atoms with Crippen molar-refractivity contribution >= 4 is 9.24 Å². The molecule has 0 saturated heterocycles. The molecule has 0 bridgehead atoms. The SMILES string of the molecule is CC1(P)CCCCCC1. The third-order valence-electron chi connectivity index (χ3n) is 2.25. The maximum absolute atomic E-state index is 3.00. The fourth-order valence-electron chi connectivity index (χ4n) is 1.54. The number of hydrogen-bond acceptors (Lipinski definition) is 0. The van der Waals surface area contributed by atoms with E-state index in [1.807, 2.05) is 0 Å². The van der Waals surface area contributed by atoms with Gasteiger partial charge in [-0.25, -0.2) is 0 Å². The molecule has 1 rings (SSSR count). The lowest BCUT2D eigenvalue weighted by Gasteiger charge is -2.20. The quantitative estimate of drug-likeness (QED) is 0.362. The first-order chi connectivity index (χ1) is 4.21. The van der Waals surface area contributed by atoms with Crippen LogP contribution in [0.4, 0.5) is 0 Å². The third-order valence-corrected chi connectivity index (χ3v) is 2.82. The second kappa shape index (κ2) is 3.01. The molecule has 0 nitrogen and oxygen atoms in total. The van der Waals surface area contributed by atoms with Crippen LogP contribution in [0.25, 0.3) is 0 Å². The van der Waals surface area contributed by atoms with Crippen LogP contribution in [0.1, 0.15) is 45.4 Å². The molecule has 0 N–H and O–H groups in total. The third kappa shape index (κ3) is 2.67. The van der Waals surface area contributed by atoms with E-state index in [4.69, 9.17) is 0 Å². The van der Waals surface area contributed by atoms with Gasteiger partial charge >= 0.3 is 0 Å². The molecule has 0 aromatic carbocycles. The molecule has 1 fully saturated rings. The molecule has 0 aromatic heterocycles. The van der Waals surface area contributed by atoms with Crippen LogP contribution in [0.15, 0.2) is 0 Å². The van der Waals surface area contributed by atoms with Crippen molar-refractivity contribution in [1.82, 2.24) is 0 Å². The summed E-state index contributed by atoms with van der Waals surface area (Å²) in [6.07, 6.45) is 8.64. The Hall–Kier alpha value is 0.430. The first-order valence-corrected chi connectivity index (χ1v) is 4.57. The van der Waals surface area contributed by atoms with E-state index in [1.54, 1.807) is 0 Å². The Morgan fingerprint density at radius 1 is 1.00 bits per heavy atom. The first-order valence-electron chi connectivity index (χ1n) is 4.00. The molecule has 0 aliphatic heterocycles. The summed E-state index contributed by atoms with van der Waals surface area (Å²) in [5.74, 6) is 0. The molecule has 9 heavy (non-hydrogen) atoms. The summed E-state index contributed by atoms with van der Waals surface area (Å²) in [5.41, 5.74) is 0. The average molecular weight is 144 g/mol. The van der Waals surface area contributed by atoms with Crippen LogP contribution < -0.4 is 0 Å². The fourth-order valence-corrected chi connectivity index (χ4v) is 1.94. The zero-order chi connectivity index (χ0) is 6.74. The van der Waals surface area contributed by atoms with Crippen LogP contribution in [-0.4, -0.2) is 5.16 Å². The molecule has 1 aliphatic rings. The summed E-state index contributed by atoms with van der Waals surface area (Å²) in [5, 5.41) is 0.580. The van der Waals surface area contributed by atoms with E-state index < -0.39 is 0 Å². The van der Waals surface area contributed by atoms with Gasteiger partial charge < -0.3 is 0 Å². The maximum Gasteiger partial charge on any atom is -0.0178 e. The molecular formula is C8H17P. The van der Waals surface area contributed by atoms with Gasteiger partial charge in [0.1, 0.15) is 0 Å². The van der Waals surface area contributed by atoms with E-state index >= 15 is 0 Å². The van der Waals surface area contributed by atoms with Crippen molar-refractivity contribution in [2.75, 3.05) is 0 Å². The topological polar surface area (TPSA) is 0 Å². The van der Waals surface area contributed by atoms with Crippen molar-refractivity contribution in [2.45, 2.75) is 50.6 Å². The van der Waals surface area contributed by atoms with Crippen LogP contribution >= 0.6 is 9.24 Å². The normalized spacial score (nSPS) is 27.3. The highest BCUT2D eigenvalue weighted by Gasteiger charge is 2.18. The molecule has 54 valence electrons. The van der Waals surface area contributed by atoms with Gasteiger partial charge in [-0.1, -0.05) is 32.6 Å². The van der Waals surface area contributed by atoms with Crippen molar-refractivity contribution in [3.05, 3.63) is 0 Å². The van der Waals surface area contributed by atoms with E-state index in [0.29, 0.717) is 5.16 Å². The van der Waals surface area contributed by atoms with Crippen LogP contribution in [0.2, 0.25) is 0 Å². The molecule has 1 unspecified atom stereocenters. The molecular weight excluding hydrogens is 127 g/mol. The zero-order valence-corrected chi connectivity index (χ0v) is 7.47. The molecule has 0 heterocycles. The van der Waals surface area contributed by atoms with E-state index in [9.17, 15) is 0 Å². The van der Waals surface area contributed by atoms with Crippen LogP contribution in [0.5, 0.6) is 0 Å². The van der Waals surface area contributed by atoms with Crippen LogP contribution in [0, 0.1) is 0 Å². The highest BCUT2D eigenvalue weighted by Crippen LogP contribution is 2.33. The van der Waals surface area contributed by atoms with Gasteiger partial charge in [-0.2, -0.15) is 0 Å². The summed E-state index contributed by atoms with van der Waals surface area (Å²) in [7, 11) is 3.00. The highest BCUT2D eigenvalue weighted by atomic mass is 31.0. The second-order valence-electron chi connectivity index (χ2n) is 3.57. The molecule has 1 aliphatic carbocycles. The van der Waals surface area contributed by atoms with Crippen LogP contribution in [0.3, 0.4) is 0 Å². The smallest absolute Gasteiger partial charge is 0.0178 e. The van der Waals surface area contributed by atoms with Gasteiger partial charge in [0.25, 0.3) is 0 Å². The standard InChI is InChI=1S/C8H17P/c1-8(9)6-4-2-3-5-7-8/h2-7,9H2,1H3. The van der Waals surface area contributed by atoms with Gasteiger partial charge in [0.05, 0.1) is 0 Å². The Bertz CT molecular complexity index is 76.6. The molecule has 0 spiro atoms. The lowest BCUT2D eigenvalue weighted by Crippen LogP contribution is -2.12. The minimum Gasteiger partial charge on any atom is -0.131 e. The Kier molecular flexibility index (Phi) is 2.52. The van der Waals surface area contributed by atoms with Gasteiger partial charge in [-0.15, -0.1) is 9.24 Å². The predicted molar refractivity (Wildman–Crippen MR) is 45.8 cm³/mol. The van der Waals surface area contributed by atoms with Gasteiger partial charge in [-0.3, -0.25) is 0 Å². The Morgan fingerprint density at radius 2 is 1.44 bits per heavy atom. The molecule has 0 amide bonds. The van der Waals surface area contributed by atoms with Crippen LogP contribution in [-0.2, 0) is 0 Å². The van der Waals surface area contributed by atoms with E-state index in [0.717, 1.165) is 0 Å². The molecule has 0 aromatic rings. The van der Waals surface area contributed by atoms with E-state index in [2.05, 4.69) is 16.2 Å². The molecule has 1 atom stereocenters. The van der Waals surface area contributed by atoms with Gasteiger partial charge in [0, 0.05) is 0 Å². The Labute approximate surface area is 60.6 Å². The molecule has 1 heteroatoms. The predicted octanol–water partition coefficient (Wildman–Crippen LogP) is 2.97. The molecule has 0 radical (unpaired) electrons. The summed E-state index contributed by atoms with van der Waals surface area (Å²) >= 11 is 0. The van der Waals surface area contributed by atoms with Crippen molar-refractivity contribution in [3.63, 3.8) is 0 Å². The largest absolute Gasteiger partial charge is 0.131 e. The summed E-state index contributed by atoms with van der Waals surface area (Å²) in [4.78, 5) is 0. The van der Waals surface area contributed by atoms with Gasteiger partial charge in [0.2, 0.25) is 0 Å². The van der Waals surface area contributed by atoms with Crippen molar-refractivity contribution in [2.24, 2.45) is 0 Å². The highest BCUT2D eigenvalue weighted by molar-refractivity contribution is 7.18. The number of rotatable bonds is 0. The van der Waals surface area contributed by atoms with E-state index in [1.165, 1.54) is 38.5 Å². The molecule has 1 saturated carbocycles. The summed E-state index contributed by atoms with van der Waals surface area (Å²) in [6.45, 7) is 2.36.